The first kappa shape index (κ1) is 19.7. The average Bonchev–Trinajstić information content (AvgIpc) is 2.88. The molecule has 6 heteroatoms. The van der Waals surface area contributed by atoms with Gasteiger partial charge in [0.1, 0.15) is 0 Å². The molecule has 0 unspecified atom stereocenters. The Bertz CT molecular complexity index is 649. The Hall–Kier alpha value is -1.30. The van der Waals surface area contributed by atoms with E-state index in [0.717, 1.165) is 43.4 Å². The van der Waals surface area contributed by atoms with E-state index < -0.39 is 5.97 Å². The number of hydrogen-bond donors (Lipinski definition) is 2. The molecule has 0 saturated carbocycles. The molecule has 0 bridgehead atoms. The zero-order chi connectivity index (χ0) is 15.8. The number of nitrogens with zero attached hydrogens (tertiary/aromatic N) is 1. The van der Waals surface area contributed by atoms with Crippen molar-refractivity contribution in [2.45, 2.75) is 45.1 Å². The fraction of sp³-hybridized carbons (Fsp3) is 0.412. The van der Waals surface area contributed by atoms with Crippen molar-refractivity contribution in [2.24, 2.45) is 0 Å². The summed E-state index contributed by atoms with van der Waals surface area (Å²) < 4.78 is 1.77. The SMILES string of the molecule is O=C(O)CCCCCCCn1c(-c2ccccc2)c[nH]c1=O.[NaH]. The summed E-state index contributed by atoms with van der Waals surface area (Å²) in [4.78, 5) is 25.1. The van der Waals surface area contributed by atoms with Crippen molar-refractivity contribution in [1.82, 2.24) is 9.55 Å². The third kappa shape index (κ3) is 6.37. The second-order valence-electron chi connectivity index (χ2n) is 5.41. The van der Waals surface area contributed by atoms with Crippen molar-refractivity contribution >= 4 is 35.5 Å². The Labute approximate surface area is 158 Å². The van der Waals surface area contributed by atoms with E-state index in [4.69, 9.17) is 5.11 Å². The maximum absolute atomic E-state index is 11.9. The summed E-state index contributed by atoms with van der Waals surface area (Å²) in [6.45, 7) is 0.686. The third-order valence-corrected chi connectivity index (χ3v) is 3.71. The van der Waals surface area contributed by atoms with Crippen LogP contribution in [0.2, 0.25) is 0 Å². The van der Waals surface area contributed by atoms with Crippen LogP contribution in [0.5, 0.6) is 0 Å². The number of imidazole rings is 1. The third-order valence-electron chi connectivity index (χ3n) is 3.71. The Morgan fingerprint density at radius 3 is 2.39 bits per heavy atom. The van der Waals surface area contributed by atoms with Crippen LogP contribution in [0.15, 0.2) is 41.3 Å². The van der Waals surface area contributed by atoms with E-state index in [1.807, 2.05) is 30.3 Å². The zero-order valence-electron chi connectivity index (χ0n) is 12.6. The molecule has 0 amide bonds. The molecule has 120 valence electrons. The number of unbranched alkanes of at least 4 members (excludes halogenated alkanes) is 4. The monoisotopic (exact) mass is 326 g/mol. The number of nitrogens with one attached hydrogen (secondary N) is 1. The number of aromatic nitrogens is 2. The topological polar surface area (TPSA) is 75.1 Å². The van der Waals surface area contributed by atoms with Crippen LogP contribution >= 0.6 is 0 Å². The molecule has 0 radical (unpaired) electrons. The van der Waals surface area contributed by atoms with Crippen molar-refractivity contribution in [2.75, 3.05) is 0 Å². The fourth-order valence-electron chi connectivity index (χ4n) is 2.54. The van der Waals surface area contributed by atoms with Crippen LogP contribution in [0.4, 0.5) is 0 Å². The van der Waals surface area contributed by atoms with Gasteiger partial charge in [0, 0.05) is 19.2 Å². The summed E-state index contributed by atoms with van der Waals surface area (Å²) in [6.07, 6.45) is 6.60. The van der Waals surface area contributed by atoms with Gasteiger partial charge in [-0.05, 0) is 18.4 Å². The standard InChI is InChI=1S/C17H22N2O3.Na.H/c20-16(21)11-7-2-1-3-8-12-19-15(13-18-17(19)22)14-9-5-4-6-10-14;;/h4-6,9-10,13H,1-3,7-8,11-12H2,(H,18,22)(H,20,21);;. The zero-order valence-corrected chi connectivity index (χ0v) is 12.6. The van der Waals surface area contributed by atoms with Gasteiger partial charge in [-0.2, -0.15) is 0 Å². The van der Waals surface area contributed by atoms with E-state index >= 15 is 0 Å². The van der Waals surface area contributed by atoms with E-state index in [-0.39, 0.29) is 41.7 Å². The van der Waals surface area contributed by atoms with Crippen molar-refractivity contribution in [3.63, 3.8) is 0 Å². The average molecular weight is 326 g/mol. The molecule has 0 fully saturated rings. The molecule has 1 heterocycles. The first-order chi connectivity index (χ1) is 10.7. The molecule has 5 nitrogen and oxygen atoms in total. The van der Waals surface area contributed by atoms with Crippen LogP contribution in [0.3, 0.4) is 0 Å². The summed E-state index contributed by atoms with van der Waals surface area (Å²) in [5, 5.41) is 8.57. The first-order valence-electron chi connectivity index (χ1n) is 7.74. The van der Waals surface area contributed by atoms with Crippen molar-refractivity contribution in [1.29, 1.82) is 0 Å². The number of H-pyrrole nitrogens is 1. The number of carbonyl (C=O) groups is 1. The minimum absolute atomic E-state index is 0. The van der Waals surface area contributed by atoms with Gasteiger partial charge in [-0.15, -0.1) is 0 Å². The maximum atomic E-state index is 11.9. The molecule has 2 rings (SSSR count). The number of hydrogen-bond acceptors (Lipinski definition) is 2. The Balaban J connectivity index is 0.00000264. The van der Waals surface area contributed by atoms with Gasteiger partial charge >= 0.3 is 41.2 Å². The fourth-order valence-corrected chi connectivity index (χ4v) is 2.54. The van der Waals surface area contributed by atoms with Crippen LogP contribution in [-0.4, -0.2) is 50.2 Å². The summed E-state index contributed by atoms with van der Waals surface area (Å²) >= 11 is 0. The van der Waals surface area contributed by atoms with Gasteiger partial charge in [0.25, 0.3) is 0 Å². The van der Waals surface area contributed by atoms with Gasteiger partial charge in [-0.25, -0.2) is 4.79 Å². The molecule has 0 aliphatic carbocycles. The van der Waals surface area contributed by atoms with E-state index in [9.17, 15) is 9.59 Å². The van der Waals surface area contributed by atoms with Crippen molar-refractivity contribution in [3.8, 4) is 11.3 Å². The molecule has 0 aliphatic heterocycles. The Morgan fingerprint density at radius 2 is 1.70 bits per heavy atom. The molecule has 0 atom stereocenters. The molecule has 0 aliphatic rings. The molecule has 0 saturated heterocycles. The van der Waals surface area contributed by atoms with Crippen LogP contribution in [0, 0.1) is 0 Å². The van der Waals surface area contributed by atoms with Gasteiger partial charge in [0.05, 0.1) is 5.69 Å². The molecular formula is C17H23N2NaO3. The van der Waals surface area contributed by atoms with Crippen molar-refractivity contribution < 1.29 is 9.90 Å². The van der Waals surface area contributed by atoms with Crippen molar-refractivity contribution in [3.05, 3.63) is 47.0 Å². The number of aromatic amines is 1. The van der Waals surface area contributed by atoms with Gasteiger partial charge in [-0.3, -0.25) is 9.36 Å². The molecule has 2 aromatic rings. The Morgan fingerprint density at radius 1 is 1.04 bits per heavy atom. The summed E-state index contributed by atoms with van der Waals surface area (Å²) in [7, 11) is 0. The number of benzene rings is 1. The second-order valence-corrected chi connectivity index (χ2v) is 5.41. The molecular weight excluding hydrogens is 303 g/mol. The van der Waals surface area contributed by atoms with E-state index in [0.29, 0.717) is 6.54 Å². The van der Waals surface area contributed by atoms with Crippen LogP contribution in [0.25, 0.3) is 11.3 Å². The summed E-state index contributed by atoms with van der Waals surface area (Å²) in [6, 6.07) is 9.85. The molecule has 1 aromatic carbocycles. The van der Waals surface area contributed by atoms with Gasteiger partial charge < -0.3 is 10.1 Å². The second kappa shape index (κ2) is 10.5. The van der Waals surface area contributed by atoms with E-state index in [1.54, 1.807) is 10.8 Å². The van der Waals surface area contributed by atoms with E-state index in [1.165, 1.54) is 0 Å². The van der Waals surface area contributed by atoms with Gasteiger partial charge in [0.2, 0.25) is 0 Å². The number of carboxylic acid groups (broad SMARTS) is 1. The predicted octanol–water partition coefficient (Wildman–Crippen LogP) is 2.62. The number of aliphatic carboxylic acids is 1. The van der Waals surface area contributed by atoms with Gasteiger partial charge in [-0.1, -0.05) is 49.6 Å². The van der Waals surface area contributed by atoms with Crippen LogP contribution in [0.1, 0.15) is 38.5 Å². The van der Waals surface area contributed by atoms with Crippen LogP contribution in [-0.2, 0) is 11.3 Å². The molecule has 0 spiro atoms. The predicted molar refractivity (Wildman–Crippen MR) is 93.0 cm³/mol. The molecule has 23 heavy (non-hydrogen) atoms. The Kier molecular flexibility index (Phi) is 8.99. The first-order valence-corrected chi connectivity index (χ1v) is 7.74. The minimum atomic E-state index is -0.730. The summed E-state index contributed by atoms with van der Waals surface area (Å²) in [5.41, 5.74) is 1.86. The summed E-state index contributed by atoms with van der Waals surface area (Å²) in [5.74, 6) is -0.730. The molecule has 2 N–H and O–H groups in total. The number of carboxylic acids is 1. The van der Waals surface area contributed by atoms with Crippen LogP contribution < -0.4 is 5.69 Å². The normalized spacial score (nSPS) is 10.3. The van der Waals surface area contributed by atoms with E-state index in [2.05, 4.69) is 4.98 Å². The molecule has 1 aromatic heterocycles. The van der Waals surface area contributed by atoms with Gasteiger partial charge in [0.15, 0.2) is 0 Å². The number of rotatable bonds is 9. The quantitative estimate of drug-likeness (QED) is 0.549.